The van der Waals surface area contributed by atoms with E-state index >= 15 is 0 Å². The molecule has 1 saturated carbocycles. The maximum atomic E-state index is 12.3. The zero-order valence-electron chi connectivity index (χ0n) is 15.8. The van der Waals surface area contributed by atoms with Gasteiger partial charge in [-0.2, -0.15) is 0 Å². The van der Waals surface area contributed by atoms with E-state index < -0.39 is 5.56 Å². The molecule has 1 aliphatic carbocycles. The zero-order chi connectivity index (χ0) is 18.7. The Morgan fingerprint density at radius 1 is 1.28 bits per heavy atom. The minimum Gasteiger partial charge on any atom is -0.350 e. The van der Waals surface area contributed by atoms with Crippen LogP contribution in [0.25, 0.3) is 6.08 Å². The molecular weight excluding hydrogens is 318 g/mol. The van der Waals surface area contributed by atoms with Crippen LogP contribution in [-0.2, 0) is 18.9 Å². The molecule has 2 rings (SSSR count). The summed E-state index contributed by atoms with van der Waals surface area (Å²) in [6.45, 7) is 6.62. The Hall–Kier alpha value is -2.11. The number of hydrogen-bond donors (Lipinski definition) is 1. The van der Waals surface area contributed by atoms with E-state index in [-0.39, 0.29) is 17.6 Å². The van der Waals surface area contributed by atoms with Gasteiger partial charge >= 0.3 is 5.69 Å². The first-order valence-corrected chi connectivity index (χ1v) is 8.96. The molecule has 1 N–H and O–H groups in total. The van der Waals surface area contributed by atoms with Gasteiger partial charge in [0.05, 0.1) is 5.56 Å². The summed E-state index contributed by atoms with van der Waals surface area (Å²) < 4.78 is 2.37. The minimum atomic E-state index is -0.404. The highest BCUT2D eigenvalue weighted by Gasteiger charge is 2.31. The third-order valence-electron chi connectivity index (χ3n) is 5.24. The quantitative estimate of drug-likeness (QED) is 0.842. The van der Waals surface area contributed by atoms with Crippen LogP contribution in [0.3, 0.4) is 0 Å². The van der Waals surface area contributed by atoms with Crippen molar-refractivity contribution in [1.82, 2.24) is 14.5 Å². The molecule has 0 saturated heterocycles. The van der Waals surface area contributed by atoms with E-state index in [0.717, 1.165) is 17.4 Å². The van der Waals surface area contributed by atoms with E-state index in [4.69, 9.17) is 0 Å². The molecule has 0 radical (unpaired) electrons. The van der Waals surface area contributed by atoms with Gasteiger partial charge in [0, 0.05) is 32.4 Å². The van der Waals surface area contributed by atoms with E-state index in [1.807, 2.05) is 0 Å². The highest BCUT2D eigenvalue weighted by atomic mass is 16.2. The van der Waals surface area contributed by atoms with Crippen LogP contribution in [0.2, 0.25) is 0 Å². The summed E-state index contributed by atoms with van der Waals surface area (Å²) in [4.78, 5) is 36.1. The molecule has 0 aliphatic heterocycles. The average Bonchev–Trinajstić information content (AvgIpc) is 2.54. The first kappa shape index (κ1) is 19.2. The van der Waals surface area contributed by atoms with Crippen molar-refractivity contribution in [2.45, 2.75) is 46.1 Å². The van der Waals surface area contributed by atoms with Crippen molar-refractivity contribution in [2.75, 3.05) is 0 Å². The number of rotatable bonds is 4. The Kier molecular flexibility index (Phi) is 6.03. The predicted molar refractivity (Wildman–Crippen MR) is 99.2 cm³/mol. The van der Waals surface area contributed by atoms with Crippen LogP contribution in [0.4, 0.5) is 0 Å². The van der Waals surface area contributed by atoms with Gasteiger partial charge in [0.1, 0.15) is 0 Å². The lowest BCUT2D eigenvalue weighted by atomic mass is 9.74. The summed E-state index contributed by atoms with van der Waals surface area (Å²) in [6.07, 6.45) is 7.65. The molecule has 1 aromatic heterocycles. The summed E-state index contributed by atoms with van der Waals surface area (Å²) in [5.74, 6) is 1.43. The standard InChI is InChI=1S/C19H29N3O3/c1-12(2)15-8-6-13(3)10-16(15)20-17(23)9-7-14-11-21(4)19(25)22(5)18(14)24/h7,9,11-13,15-16H,6,8,10H2,1-5H3,(H,20,23)/b9-7+. The number of carbonyl (C=O) groups is 1. The predicted octanol–water partition coefficient (Wildman–Crippen LogP) is 1.67. The molecule has 0 aromatic carbocycles. The Bertz CT molecular complexity index is 773. The fourth-order valence-corrected chi connectivity index (χ4v) is 3.72. The Morgan fingerprint density at radius 2 is 1.96 bits per heavy atom. The van der Waals surface area contributed by atoms with Gasteiger partial charge in [-0.3, -0.25) is 14.2 Å². The molecule has 1 amide bonds. The minimum absolute atomic E-state index is 0.170. The van der Waals surface area contributed by atoms with Gasteiger partial charge in [0.25, 0.3) is 5.56 Å². The van der Waals surface area contributed by atoms with Gasteiger partial charge in [-0.05, 0) is 36.7 Å². The SMILES string of the molecule is CC1CCC(C(C)C)C(NC(=O)/C=C/c2cn(C)c(=O)n(C)c2=O)C1. The van der Waals surface area contributed by atoms with Crippen LogP contribution in [0.5, 0.6) is 0 Å². The lowest BCUT2D eigenvalue weighted by Crippen LogP contribution is -2.45. The molecule has 1 aliphatic rings. The first-order chi connectivity index (χ1) is 11.7. The Labute approximate surface area is 148 Å². The Morgan fingerprint density at radius 3 is 2.60 bits per heavy atom. The van der Waals surface area contributed by atoms with Crippen LogP contribution in [0, 0.1) is 17.8 Å². The van der Waals surface area contributed by atoms with Gasteiger partial charge in [-0.15, -0.1) is 0 Å². The van der Waals surface area contributed by atoms with Crippen molar-refractivity contribution in [3.8, 4) is 0 Å². The van der Waals surface area contributed by atoms with Gasteiger partial charge in [0.2, 0.25) is 5.91 Å². The van der Waals surface area contributed by atoms with E-state index in [2.05, 4.69) is 26.1 Å². The summed E-state index contributed by atoms with van der Waals surface area (Å²) in [5.41, 5.74) is -0.474. The molecule has 0 spiro atoms. The van der Waals surface area contributed by atoms with Crippen LogP contribution >= 0.6 is 0 Å². The van der Waals surface area contributed by atoms with Crippen molar-refractivity contribution in [3.05, 3.63) is 38.7 Å². The van der Waals surface area contributed by atoms with Crippen molar-refractivity contribution in [2.24, 2.45) is 31.8 Å². The second-order valence-electron chi connectivity index (χ2n) is 7.62. The average molecular weight is 347 g/mol. The molecule has 1 heterocycles. The smallest absolute Gasteiger partial charge is 0.330 e. The van der Waals surface area contributed by atoms with Crippen LogP contribution in [0.1, 0.15) is 45.6 Å². The number of amides is 1. The number of nitrogens with zero attached hydrogens (tertiary/aromatic N) is 2. The molecule has 0 bridgehead atoms. The van der Waals surface area contributed by atoms with E-state index in [0.29, 0.717) is 23.3 Å². The van der Waals surface area contributed by atoms with Crippen LogP contribution in [-0.4, -0.2) is 21.1 Å². The number of aryl methyl sites for hydroxylation is 1. The van der Waals surface area contributed by atoms with Gasteiger partial charge in [-0.25, -0.2) is 4.79 Å². The summed E-state index contributed by atoms with van der Waals surface area (Å²) in [5, 5.41) is 3.11. The van der Waals surface area contributed by atoms with Gasteiger partial charge < -0.3 is 9.88 Å². The molecule has 3 atom stereocenters. The molecule has 6 nitrogen and oxygen atoms in total. The normalized spacial score (nSPS) is 24.0. The lowest BCUT2D eigenvalue weighted by molar-refractivity contribution is -0.118. The van der Waals surface area contributed by atoms with Crippen LogP contribution < -0.4 is 16.6 Å². The second-order valence-corrected chi connectivity index (χ2v) is 7.62. The van der Waals surface area contributed by atoms with Crippen molar-refractivity contribution >= 4 is 12.0 Å². The van der Waals surface area contributed by atoms with E-state index in [1.165, 1.54) is 36.4 Å². The van der Waals surface area contributed by atoms with E-state index in [1.54, 1.807) is 7.05 Å². The highest BCUT2D eigenvalue weighted by Crippen LogP contribution is 2.33. The largest absolute Gasteiger partial charge is 0.350 e. The first-order valence-electron chi connectivity index (χ1n) is 8.96. The Balaban J connectivity index is 2.13. The fourth-order valence-electron chi connectivity index (χ4n) is 3.72. The molecule has 25 heavy (non-hydrogen) atoms. The molecule has 1 fully saturated rings. The second kappa shape index (κ2) is 7.85. The lowest BCUT2D eigenvalue weighted by Gasteiger charge is -2.37. The van der Waals surface area contributed by atoms with E-state index in [9.17, 15) is 14.4 Å². The molecule has 3 unspecified atom stereocenters. The maximum Gasteiger partial charge on any atom is 0.330 e. The fraction of sp³-hybridized carbons (Fsp3) is 0.632. The third-order valence-corrected chi connectivity index (χ3v) is 5.24. The number of hydrogen-bond acceptors (Lipinski definition) is 3. The van der Waals surface area contributed by atoms with Crippen molar-refractivity contribution < 1.29 is 4.79 Å². The number of nitrogens with one attached hydrogen (secondary N) is 1. The van der Waals surface area contributed by atoms with Gasteiger partial charge in [0.15, 0.2) is 0 Å². The molecule has 138 valence electrons. The molecule has 1 aromatic rings. The number of aromatic nitrogens is 2. The van der Waals surface area contributed by atoms with Gasteiger partial charge in [-0.1, -0.05) is 27.2 Å². The zero-order valence-corrected chi connectivity index (χ0v) is 15.8. The van der Waals surface area contributed by atoms with Crippen molar-refractivity contribution in [3.63, 3.8) is 0 Å². The summed E-state index contributed by atoms with van der Waals surface area (Å²) in [6, 6.07) is 0.170. The number of carbonyl (C=O) groups excluding carboxylic acids is 1. The van der Waals surface area contributed by atoms with Crippen molar-refractivity contribution in [1.29, 1.82) is 0 Å². The maximum absolute atomic E-state index is 12.3. The third kappa shape index (κ3) is 4.50. The van der Waals surface area contributed by atoms with Crippen LogP contribution in [0.15, 0.2) is 21.9 Å². The highest BCUT2D eigenvalue weighted by molar-refractivity contribution is 5.91. The monoisotopic (exact) mass is 347 g/mol. The molecular formula is C19H29N3O3. The summed E-state index contributed by atoms with van der Waals surface area (Å²) >= 11 is 0. The topological polar surface area (TPSA) is 73.1 Å². The molecule has 6 heteroatoms. The summed E-state index contributed by atoms with van der Waals surface area (Å²) in [7, 11) is 3.01.